The van der Waals surface area contributed by atoms with Crippen LogP contribution in [0.2, 0.25) is 5.02 Å². The molecule has 1 amide bonds. The van der Waals surface area contributed by atoms with Gasteiger partial charge in [0, 0.05) is 19.8 Å². The zero-order valence-corrected chi connectivity index (χ0v) is 11.4. The van der Waals surface area contributed by atoms with Crippen molar-refractivity contribution in [2.45, 2.75) is 19.8 Å². The topological polar surface area (TPSA) is 54.0 Å². The molecule has 0 saturated heterocycles. The lowest BCUT2D eigenvalue weighted by molar-refractivity contribution is 0.0947. The van der Waals surface area contributed by atoms with Gasteiger partial charge in [-0.3, -0.25) is 4.79 Å². The van der Waals surface area contributed by atoms with Gasteiger partial charge in [-0.25, -0.2) is 4.98 Å². The second-order valence-electron chi connectivity index (χ2n) is 4.82. The van der Waals surface area contributed by atoms with Crippen LogP contribution in [0.5, 0.6) is 0 Å². The summed E-state index contributed by atoms with van der Waals surface area (Å²) in [6.07, 6.45) is 4.07. The third-order valence-electron chi connectivity index (χ3n) is 3.37. The second-order valence-corrected chi connectivity index (χ2v) is 5.23. The summed E-state index contributed by atoms with van der Waals surface area (Å²) >= 11 is 5.99. The van der Waals surface area contributed by atoms with E-state index in [9.17, 15) is 4.79 Å². The summed E-state index contributed by atoms with van der Waals surface area (Å²) in [7, 11) is 1.76. The summed E-state index contributed by atoms with van der Waals surface area (Å²) in [4.78, 5) is 16.1. The number of amides is 1. The molecule has 0 radical (unpaired) electrons. The van der Waals surface area contributed by atoms with Gasteiger partial charge >= 0.3 is 0 Å². The average molecular weight is 268 g/mol. The van der Waals surface area contributed by atoms with E-state index >= 15 is 0 Å². The van der Waals surface area contributed by atoms with Crippen LogP contribution in [0.15, 0.2) is 12.3 Å². The fraction of sp³-hybridized carbons (Fsp3) is 0.538. The van der Waals surface area contributed by atoms with Crippen LogP contribution >= 0.6 is 11.6 Å². The minimum Gasteiger partial charge on any atom is -0.373 e. The zero-order valence-electron chi connectivity index (χ0n) is 10.7. The highest BCUT2D eigenvalue weighted by Crippen LogP contribution is 2.36. The summed E-state index contributed by atoms with van der Waals surface area (Å²) in [5.74, 6) is 1.83. The summed E-state index contributed by atoms with van der Waals surface area (Å²) in [5.41, 5.74) is 0.471. The van der Waals surface area contributed by atoms with Crippen LogP contribution in [0.4, 0.5) is 5.82 Å². The van der Waals surface area contributed by atoms with Crippen molar-refractivity contribution in [3.05, 3.63) is 22.8 Å². The van der Waals surface area contributed by atoms with Gasteiger partial charge in [0.1, 0.15) is 5.82 Å². The predicted molar refractivity (Wildman–Crippen MR) is 73.0 cm³/mol. The van der Waals surface area contributed by atoms with E-state index in [1.807, 2.05) is 0 Å². The quantitative estimate of drug-likeness (QED) is 0.862. The van der Waals surface area contributed by atoms with Crippen molar-refractivity contribution in [3.63, 3.8) is 0 Å². The molecule has 5 heteroatoms. The first-order valence-electron chi connectivity index (χ1n) is 6.23. The van der Waals surface area contributed by atoms with Crippen LogP contribution in [0.25, 0.3) is 0 Å². The van der Waals surface area contributed by atoms with Gasteiger partial charge < -0.3 is 10.6 Å². The van der Waals surface area contributed by atoms with E-state index in [4.69, 9.17) is 11.6 Å². The Hall–Kier alpha value is -1.29. The van der Waals surface area contributed by atoms with Gasteiger partial charge in [-0.2, -0.15) is 0 Å². The molecular weight excluding hydrogens is 250 g/mol. The fourth-order valence-corrected chi connectivity index (χ4v) is 2.12. The van der Waals surface area contributed by atoms with E-state index in [-0.39, 0.29) is 5.91 Å². The monoisotopic (exact) mass is 267 g/mol. The number of carbonyl (C=O) groups is 1. The standard InChI is InChI=1S/C13H18ClN3O/c1-8(9-3-4-9)6-17-13(18)10-5-12(15-2)16-7-11(10)14/h5,7-9H,3-4,6H2,1-2H3,(H,15,16)(H,17,18). The molecule has 98 valence electrons. The number of aromatic nitrogens is 1. The number of hydrogen-bond donors (Lipinski definition) is 2. The van der Waals surface area contributed by atoms with Gasteiger partial charge in [0.25, 0.3) is 5.91 Å². The van der Waals surface area contributed by atoms with Crippen LogP contribution in [-0.4, -0.2) is 24.5 Å². The van der Waals surface area contributed by atoms with Gasteiger partial charge in [-0.15, -0.1) is 0 Å². The minimum absolute atomic E-state index is 0.133. The molecule has 1 unspecified atom stereocenters. The van der Waals surface area contributed by atoms with Crippen LogP contribution in [0.3, 0.4) is 0 Å². The Balaban J connectivity index is 1.98. The van der Waals surface area contributed by atoms with E-state index in [2.05, 4.69) is 22.5 Å². The fourth-order valence-electron chi connectivity index (χ4n) is 1.93. The van der Waals surface area contributed by atoms with Gasteiger partial charge in [0.15, 0.2) is 0 Å². The molecule has 0 bridgehead atoms. The number of pyridine rings is 1. The Kier molecular flexibility index (Phi) is 4.07. The second kappa shape index (κ2) is 5.57. The highest BCUT2D eigenvalue weighted by Gasteiger charge is 2.28. The maximum atomic E-state index is 12.0. The van der Waals surface area contributed by atoms with Crippen molar-refractivity contribution in [3.8, 4) is 0 Å². The van der Waals surface area contributed by atoms with E-state index < -0.39 is 0 Å². The highest BCUT2D eigenvalue weighted by atomic mass is 35.5. The van der Waals surface area contributed by atoms with Crippen molar-refractivity contribution in [2.24, 2.45) is 11.8 Å². The van der Waals surface area contributed by atoms with Gasteiger partial charge in [0.2, 0.25) is 0 Å². The molecule has 1 heterocycles. The number of rotatable bonds is 5. The molecule has 4 nitrogen and oxygen atoms in total. The van der Waals surface area contributed by atoms with Crippen molar-refractivity contribution in [1.82, 2.24) is 10.3 Å². The molecule has 1 aliphatic carbocycles. The Labute approximate surface area is 112 Å². The normalized spacial score (nSPS) is 16.2. The molecule has 18 heavy (non-hydrogen) atoms. The number of carbonyl (C=O) groups excluding carboxylic acids is 1. The number of nitrogens with one attached hydrogen (secondary N) is 2. The zero-order chi connectivity index (χ0) is 13.1. The molecule has 1 saturated carbocycles. The van der Waals surface area contributed by atoms with E-state index in [0.717, 1.165) is 5.92 Å². The SMILES string of the molecule is CNc1cc(C(=O)NCC(C)C2CC2)c(Cl)cn1. The van der Waals surface area contributed by atoms with Crippen molar-refractivity contribution in [2.75, 3.05) is 18.9 Å². The van der Waals surface area contributed by atoms with Crippen molar-refractivity contribution in [1.29, 1.82) is 0 Å². The Bertz CT molecular complexity index is 446. The number of hydrogen-bond acceptors (Lipinski definition) is 3. The molecule has 0 spiro atoms. The molecule has 0 aromatic carbocycles. The predicted octanol–water partition coefficient (Wildman–Crippen LogP) is 2.55. The van der Waals surface area contributed by atoms with Crippen molar-refractivity contribution >= 4 is 23.3 Å². The number of halogens is 1. The number of anilines is 1. The Morgan fingerprint density at radius 3 is 2.94 bits per heavy atom. The summed E-state index contributed by atoms with van der Waals surface area (Å²) in [6.45, 7) is 2.88. The van der Waals surface area contributed by atoms with E-state index in [1.54, 1.807) is 13.1 Å². The maximum Gasteiger partial charge on any atom is 0.252 e. The first-order chi connectivity index (χ1) is 8.61. The molecular formula is C13H18ClN3O. The lowest BCUT2D eigenvalue weighted by atomic mass is 10.1. The molecule has 0 aliphatic heterocycles. The Morgan fingerprint density at radius 1 is 1.61 bits per heavy atom. The minimum atomic E-state index is -0.133. The molecule has 2 rings (SSSR count). The molecule has 1 aromatic rings. The molecule has 1 atom stereocenters. The van der Waals surface area contributed by atoms with Gasteiger partial charge in [0.05, 0.1) is 10.6 Å². The smallest absolute Gasteiger partial charge is 0.252 e. The molecule has 1 fully saturated rings. The lowest BCUT2D eigenvalue weighted by Gasteiger charge is -2.12. The summed E-state index contributed by atoms with van der Waals surface area (Å²) in [5, 5.41) is 6.21. The van der Waals surface area contributed by atoms with Crippen LogP contribution in [0, 0.1) is 11.8 Å². The van der Waals surface area contributed by atoms with Crippen LogP contribution < -0.4 is 10.6 Å². The average Bonchev–Trinajstić information content (AvgIpc) is 3.20. The number of nitrogens with zero attached hydrogens (tertiary/aromatic N) is 1. The van der Waals surface area contributed by atoms with Gasteiger partial charge in [-0.1, -0.05) is 18.5 Å². The summed E-state index contributed by atoms with van der Waals surface area (Å²) < 4.78 is 0. The molecule has 2 N–H and O–H groups in total. The summed E-state index contributed by atoms with van der Waals surface area (Å²) in [6, 6.07) is 1.67. The third-order valence-corrected chi connectivity index (χ3v) is 3.67. The lowest BCUT2D eigenvalue weighted by Crippen LogP contribution is -2.29. The third kappa shape index (κ3) is 3.13. The highest BCUT2D eigenvalue weighted by molar-refractivity contribution is 6.33. The maximum absolute atomic E-state index is 12.0. The van der Waals surface area contributed by atoms with Crippen molar-refractivity contribution < 1.29 is 4.79 Å². The van der Waals surface area contributed by atoms with Crippen LogP contribution in [-0.2, 0) is 0 Å². The van der Waals surface area contributed by atoms with Gasteiger partial charge in [-0.05, 0) is 30.7 Å². The van der Waals surface area contributed by atoms with E-state index in [1.165, 1.54) is 19.0 Å². The first kappa shape index (κ1) is 13.1. The van der Waals surface area contributed by atoms with E-state index in [0.29, 0.717) is 28.9 Å². The Morgan fingerprint density at radius 2 is 2.33 bits per heavy atom. The largest absolute Gasteiger partial charge is 0.373 e. The molecule has 1 aliphatic rings. The van der Waals surface area contributed by atoms with Crippen LogP contribution in [0.1, 0.15) is 30.1 Å². The first-order valence-corrected chi connectivity index (χ1v) is 6.61. The molecule has 1 aromatic heterocycles.